The van der Waals surface area contributed by atoms with Gasteiger partial charge in [-0.2, -0.15) is 10.2 Å². The van der Waals surface area contributed by atoms with Crippen LogP contribution >= 0.6 is 0 Å². The van der Waals surface area contributed by atoms with Crippen LogP contribution in [0.1, 0.15) is 0 Å². The van der Waals surface area contributed by atoms with E-state index in [2.05, 4.69) is 33.4 Å². The number of hydrogen-bond donors (Lipinski definition) is 1. The number of aromatic amines is 1. The Balaban J connectivity index is 0.000000149. The zero-order valence-corrected chi connectivity index (χ0v) is 12.6. The molecule has 0 unspecified atom stereocenters. The van der Waals surface area contributed by atoms with Crippen LogP contribution in [0.3, 0.4) is 0 Å². The van der Waals surface area contributed by atoms with E-state index in [4.69, 9.17) is 0 Å². The standard InChI is InChI=1S/C12H10N2.C8H7N/c1-3-7-11(8-4-1)13-14-12-9-5-2-6-10-12;1-2-4-8-7(3-1)5-6-9-8/h1-10H;1-6,9H. The maximum Gasteiger partial charge on any atom is 0.0857 e. The largest absolute Gasteiger partial charge is 0.361 e. The van der Waals surface area contributed by atoms with Gasteiger partial charge in [-0.25, -0.2) is 0 Å². The molecule has 0 amide bonds. The molecule has 1 aromatic heterocycles. The molecule has 0 radical (unpaired) electrons. The molecular weight excluding hydrogens is 282 g/mol. The van der Waals surface area contributed by atoms with Crippen LogP contribution < -0.4 is 0 Å². The number of nitrogens with zero attached hydrogens (tertiary/aromatic N) is 2. The molecule has 1 N–H and O–H groups in total. The van der Waals surface area contributed by atoms with Crippen LogP contribution in [-0.4, -0.2) is 4.98 Å². The van der Waals surface area contributed by atoms with Crippen LogP contribution in [0.25, 0.3) is 10.9 Å². The number of fused-ring (bicyclic) bond motifs is 1. The van der Waals surface area contributed by atoms with Crippen molar-refractivity contribution in [2.24, 2.45) is 10.2 Å². The zero-order valence-electron chi connectivity index (χ0n) is 12.6. The lowest BCUT2D eigenvalue weighted by Crippen LogP contribution is -1.62. The summed E-state index contributed by atoms with van der Waals surface area (Å²) in [6.07, 6.45) is 1.95. The minimum Gasteiger partial charge on any atom is -0.361 e. The van der Waals surface area contributed by atoms with Gasteiger partial charge in [0, 0.05) is 11.7 Å². The van der Waals surface area contributed by atoms with E-state index in [9.17, 15) is 0 Å². The Labute approximate surface area is 135 Å². The van der Waals surface area contributed by atoms with Crippen LogP contribution in [0.4, 0.5) is 11.4 Å². The van der Waals surface area contributed by atoms with Crippen molar-refractivity contribution in [2.75, 3.05) is 0 Å². The van der Waals surface area contributed by atoms with Gasteiger partial charge < -0.3 is 4.98 Å². The Kier molecular flexibility index (Phi) is 4.93. The Hall–Kier alpha value is -3.20. The van der Waals surface area contributed by atoms with Crippen molar-refractivity contribution >= 4 is 22.3 Å². The Morgan fingerprint density at radius 1 is 0.522 bits per heavy atom. The fraction of sp³-hybridized carbons (Fsp3) is 0. The summed E-state index contributed by atoms with van der Waals surface area (Å²) in [7, 11) is 0. The first-order chi connectivity index (χ1) is 11.4. The number of para-hydroxylation sites is 1. The SMILES string of the molecule is c1ccc(N=Nc2ccccc2)cc1.c1ccc2[nH]ccc2c1. The highest BCUT2D eigenvalue weighted by Crippen LogP contribution is 2.16. The lowest BCUT2D eigenvalue weighted by molar-refractivity contribution is 1.23. The summed E-state index contributed by atoms with van der Waals surface area (Å²) in [6, 6.07) is 29.7. The monoisotopic (exact) mass is 299 g/mol. The Morgan fingerprint density at radius 3 is 1.61 bits per heavy atom. The number of nitrogens with one attached hydrogen (secondary N) is 1. The molecule has 4 rings (SSSR count). The zero-order chi connectivity index (χ0) is 15.7. The molecule has 4 aromatic rings. The molecule has 3 heteroatoms. The van der Waals surface area contributed by atoms with Crippen LogP contribution in [0.2, 0.25) is 0 Å². The lowest BCUT2D eigenvalue weighted by Gasteiger charge is -1.91. The summed E-state index contributed by atoms with van der Waals surface area (Å²) in [5.74, 6) is 0. The van der Waals surface area contributed by atoms with Crippen molar-refractivity contribution in [3.63, 3.8) is 0 Å². The van der Waals surface area contributed by atoms with Gasteiger partial charge in [0.15, 0.2) is 0 Å². The average Bonchev–Trinajstić information content (AvgIpc) is 3.11. The van der Waals surface area contributed by atoms with E-state index in [0.717, 1.165) is 11.4 Å². The van der Waals surface area contributed by atoms with E-state index in [1.54, 1.807) is 0 Å². The number of H-pyrrole nitrogens is 1. The topological polar surface area (TPSA) is 40.5 Å². The first-order valence-corrected chi connectivity index (χ1v) is 7.46. The van der Waals surface area contributed by atoms with Gasteiger partial charge in [0.1, 0.15) is 0 Å². The van der Waals surface area contributed by atoms with Crippen molar-refractivity contribution in [3.8, 4) is 0 Å². The Bertz CT molecular complexity index is 793. The summed E-state index contributed by atoms with van der Waals surface area (Å²) in [5.41, 5.74) is 2.95. The van der Waals surface area contributed by atoms with Crippen molar-refractivity contribution in [1.29, 1.82) is 0 Å². The predicted octanol–water partition coefficient (Wildman–Crippen LogP) is 6.27. The van der Waals surface area contributed by atoms with E-state index >= 15 is 0 Å². The maximum atomic E-state index is 4.10. The minimum atomic E-state index is 0.872. The van der Waals surface area contributed by atoms with Gasteiger partial charge in [0.2, 0.25) is 0 Å². The van der Waals surface area contributed by atoms with Gasteiger partial charge in [-0.1, -0.05) is 54.6 Å². The van der Waals surface area contributed by atoms with Gasteiger partial charge in [0.25, 0.3) is 0 Å². The second-order valence-corrected chi connectivity index (χ2v) is 4.94. The highest BCUT2D eigenvalue weighted by atomic mass is 15.1. The molecule has 0 aliphatic carbocycles. The first-order valence-electron chi connectivity index (χ1n) is 7.46. The lowest BCUT2D eigenvalue weighted by atomic mass is 10.3. The summed E-state index contributed by atoms with van der Waals surface area (Å²) in [6.45, 7) is 0. The van der Waals surface area contributed by atoms with Gasteiger partial charge in [-0.3, -0.25) is 0 Å². The molecule has 0 bridgehead atoms. The summed E-state index contributed by atoms with van der Waals surface area (Å²) < 4.78 is 0. The minimum absolute atomic E-state index is 0.872. The van der Waals surface area contributed by atoms with Gasteiger partial charge >= 0.3 is 0 Å². The molecule has 0 aliphatic heterocycles. The summed E-state index contributed by atoms with van der Waals surface area (Å²) in [4.78, 5) is 3.12. The molecule has 0 fully saturated rings. The molecule has 0 spiro atoms. The fourth-order valence-corrected chi connectivity index (χ4v) is 2.10. The van der Waals surface area contributed by atoms with Gasteiger partial charge in [-0.05, 0) is 41.8 Å². The molecule has 23 heavy (non-hydrogen) atoms. The molecular formula is C20H17N3. The molecule has 3 nitrogen and oxygen atoms in total. The van der Waals surface area contributed by atoms with Crippen LogP contribution in [-0.2, 0) is 0 Å². The van der Waals surface area contributed by atoms with E-state index in [0.29, 0.717) is 0 Å². The predicted molar refractivity (Wildman–Crippen MR) is 95.4 cm³/mol. The van der Waals surface area contributed by atoms with E-state index in [1.807, 2.05) is 79.0 Å². The second-order valence-electron chi connectivity index (χ2n) is 4.94. The van der Waals surface area contributed by atoms with Crippen molar-refractivity contribution in [1.82, 2.24) is 4.98 Å². The molecule has 3 aromatic carbocycles. The third-order valence-corrected chi connectivity index (χ3v) is 3.26. The van der Waals surface area contributed by atoms with Crippen molar-refractivity contribution < 1.29 is 0 Å². The van der Waals surface area contributed by atoms with Crippen molar-refractivity contribution in [2.45, 2.75) is 0 Å². The summed E-state index contributed by atoms with van der Waals surface area (Å²) >= 11 is 0. The number of aromatic nitrogens is 1. The highest BCUT2D eigenvalue weighted by Gasteiger charge is 1.87. The second kappa shape index (κ2) is 7.71. The summed E-state index contributed by atoms with van der Waals surface area (Å²) in [5, 5.41) is 9.48. The smallest absolute Gasteiger partial charge is 0.0857 e. The fourth-order valence-electron chi connectivity index (χ4n) is 2.10. The highest BCUT2D eigenvalue weighted by molar-refractivity contribution is 5.78. The van der Waals surface area contributed by atoms with Crippen LogP contribution in [0, 0.1) is 0 Å². The van der Waals surface area contributed by atoms with E-state index in [-0.39, 0.29) is 0 Å². The van der Waals surface area contributed by atoms with Gasteiger partial charge in [-0.15, -0.1) is 0 Å². The molecule has 0 saturated heterocycles. The number of hydrogen-bond acceptors (Lipinski definition) is 2. The third kappa shape index (κ3) is 4.38. The number of benzene rings is 3. The van der Waals surface area contributed by atoms with Crippen LogP contribution in [0.15, 0.2) is 107 Å². The molecule has 0 atom stereocenters. The average molecular weight is 299 g/mol. The van der Waals surface area contributed by atoms with E-state index < -0.39 is 0 Å². The third-order valence-electron chi connectivity index (χ3n) is 3.26. The number of azo groups is 1. The molecule has 0 saturated carbocycles. The first kappa shape index (κ1) is 14.7. The molecule has 1 heterocycles. The van der Waals surface area contributed by atoms with Crippen LogP contribution in [0.5, 0.6) is 0 Å². The van der Waals surface area contributed by atoms with Gasteiger partial charge in [0.05, 0.1) is 11.4 Å². The Morgan fingerprint density at radius 2 is 1.04 bits per heavy atom. The molecule has 112 valence electrons. The normalized spacial score (nSPS) is 10.4. The molecule has 0 aliphatic rings. The van der Waals surface area contributed by atoms with Crippen molar-refractivity contribution in [3.05, 3.63) is 97.2 Å². The van der Waals surface area contributed by atoms with E-state index in [1.165, 1.54) is 10.9 Å². The maximum absolute atomic E-state index is 4.10. The quantitative estimate of drug-likeness (QED) is 0.424. The number of rotatable bonds is 2.